The van der Waals surface area contributed by atoms with Gasteiger partial charge in [-0.05, 0) is 69.0 Å². The number of aromatic nitrogens is 3. The molecule has 4 nitrogen and oxygen atoms in total. The molecule has 0 saturated carbocycles. The third-order valence-corrected chi connectivity index (χ3v) is 5.28. The Hall–Kier alpha value is -0.980. The van der Waals surface area contributed by atoms with Gasteiger partial charge in [0.15, 0.2) is 10.6 Å². The van der Waals surface area contributed by atoms with E-state index in [2.05, 4.69) is 44.2 Å². The van der Waals surface area contributed by atoms with Crippen LogP contribution in [-0.2, 0) is 6.54 Å². The molecule has 1 saturated heterocycles. The number of hydrogen-bond donors (Lipinski definition) is 1. The number of aromatic amines is 1. The molecular weight excluding hydrogens is 288 g/mol. The first-order valence-electron chi connectivity index (χ1n) is 7.11. The van der Waals surface area contributed by atoms with Gasteiger partial charge in [0, 0.05) is 6.54 Å². The van der Waals surface area contributed by atoms with Gasteiger partial charge < -0.3 is 4.90 Å². The molecule has 3 heterocycles. The number of H-pyrrole nitrogens is 1. The van der Waals surface area contributed by atoms with Gasteiger partial charge in [-0.25, -0.2) is 0 Å². The summed E-state index contributed by atoms with van der Waals surface area (Å²) < 4.78 is 2.89. The van der Waals surface area contributed by atoms with Crippen LogP contribution in [0.3, 0.4) is 0 Å². The number of nitrogens with one attached hydrogen (secondary N) is 1. The molecule has 3 rings (SSSR count). The van der Waals surface area contributed by atoms with Crippen molar-refractivity contribution in [1.29, 1.82) is 0 Å². The van der Waals surface area contributed by atoms with Crippen molar-refractivity contribution >= 4 is 23.6 Å². The monoisotopic (exact) mass is 308 g/mol. The average molecular weight is 308 g/mol. The fraction of sp³-hybridized carbons (Fsp3) is 0.571. The Morgan fingerprint density at radius 3 is 2.95 bits per heavy atom. The van der Waals surface area contributed by atoms with Crippen molar-refractivity contribution < 1.29 is 0 Å². The second-order valence-corrected chi connectivity index (χ2v) is 6.85. The van der Waals surface area contributed by atoms with Gasteiger partial charge in [0.1, 0.15) is 0 Å². The van der Waals surface area contributed by atoms with Crippen LogP contribution in [0.2, 0.25) is 0 Å². The minimum atomic E-state index is 0.737. The first-order valence-corrected chi connectivity index (χ1v) is 8.40. The normalized spacial score (nSPS) is 17.6. The van der Waals surface area contributed by atoms with E-state index in [-0.39, 0.29) is 0 Å². The van der Waals surface area contributed by atoms with Crippen LogP contribution in [0.1, 0.15) is 19.3 Å². The van der Waals surface area contributed by atoms with Crippen molar-refractivity contribution in [2.75, 3.05) is 20.1 Å². The van der Waals surface area contributed by atoms with E-state index in [9.17, 15) is 0 Å². The summed E-state index contributed by atoms with van der Waals surface area (Å²) in [4.78, 5) is 3.59. The van der Waals surface area contributed by atoms with E-state index >= 15 is 0 Å². The molecule has 0 bridgehead atoms. The molecule has 1 N–H and O–H groups in total. The van der Waals surface area contributed by atoms with Crippen LogP contribution >= 0.6 is 23.6 Å². The molecule has 1 aliphatic heterocycles. The zero-order valence-corrected chi connectivity index (χ0v) is 13.3. The second-order valence-electron chi connectivity index (χ2n) is 5.52. The maximum absolute atomic E-state index is 5.37. The number of nitrogens with zero attached hydrogens (tertiary/aromatic N) is 3. The van der Waals surface area contributed by atoms with Crippen LogP contribution < -0.4 is 0 Å². The predicted molar refractivity (Wildman–Crippen MR) is 85.6 cm³/mol. The Morgan fingerprint density at radius 2 is 2.25 bits per heavy atom. The Kier molecular flexibility index (Phi) is 4.33. The highest BCUT2D eigenvalue weighted by atomic mass is 32.1. The molecule has 0 aromatic carbocycles. The lowest BCUT2D eigenvalue weighted by atomic mass is 9.94. The highest BCUT2D eigenvalue weighted by Gasteiger charge is 2.17. The Labute approximate surface area is 128 Å². The molecule has 1 fully saturated rings. The van der Waals surface area contributed by atoms with Crippen molar-refractivity contribution in [3.63, 3.8) is 0 Å². The third kappa shape index (κ3) is 3.02. The largest absolute Gasteiger partial charge is 0.306 e. The molecule has 2 aromatic heterocycles. The molecule has 0 aliphatic carbocycles. The molecule has 0 radical (unpaired) electrons. The SMILES string of the molecule is CN1CCC(CCn2c(-c3cccs3)n[nH]c2=S)CC1. The van der Waals surface area contributed by atoms with Crippen molar-refractivity contribution in [3.05, 3.63) is 22.3 Å². The van der Waals surface area contributed by atoms with Crippen molar-refractivity contribution in [2.24, 2.45) is 5.92 Å². The minimum Gasteiger partial charge on any atom is -0.306 e. The quantitative estimate of drug-likeness (QED) is 0.880. The summed E-state index contributed by atoms with van der Waals surface area (Å²) in [6.07, 6.45) is 3.80. The van der Waals surface area contributed by atoms with Gasteiger partial charge in [-0.2, -0.15) is 5.10 Å². The lowest BCUT2D eigenvalue weighted by Crippen LogP contribution is -2.30. The van der Waals surface area contributed by atoms with E-state index in [1.807, 2.05) is 0 Å². The summed E-state index contributed by atoms with van der Waals surface area (Å²) >= 11 is 7.08. The highest BCUT2D eigenvalue weighted by Crippen LogP contribution is 2.25. The molecule has 108 valence electrons. The predicted octanol–water partition coefficient (Wildman–Crippen LogP) is 3.40. The van der Waals surface area contributed by atoms with Gasteiger partial charge in [-0.1, -0.05) is 6.07 Å². The summed E-state index contributed by atoms with van der Waals surface area (Å²) in [5.74, 6) is 1.80. The Balaban J connectivity index is 1.69. The van der Waals surface area contributed by atoms with Gasteiger partial charge >= 0.3 is 0 Å². The van der Waals surface area contributed by atoms with E-state index < -0.39 is 0 Å². The first-order chi connectivity index (χ1) is 9.74. The Morgan fingerprint density at radius 1 is 1.45 bits per heavy atom. The van der Waals surface area contributed by atoms with Crippen molar-refractivity contribution in [1.82, 2.24) is 19.7 Å². The topological polar surface area (TPSA) is 36.9 Å². The maximum Gasteiger partial charge on any atom is 0.195 e. The summed E-state index contributed by atoms with van der Waals surface area (Å²) in [7, 11) is 2.21. The molecule has 20 heavy (non-hydrogen) atoms. The van der Waals surface area contributed by atoms with Crippen LogP contribution in [0.4, 0.5) is 0 Å². The molecule has 0 unspecified atom stereocenters. The zero-order chi connectivity index (χ0) is 13.9. The lowest BCUT2D eigenvalue weighted by molar-refractivity contribution is 0.208. The van der Waals surface area contributed by atoms with E-state index in [0.29, 0.717) is 0 Å². The van der Waals surface area contributed by atoms with Crippen molar-refractivity contribution in [3.8, 4) is 10.7 Å². The third-order valence-electron chi connectivity index (χ3n) is 4.10. The summed E-state index contributed by atoms with van der Waals surface area (Å²) in [5.41, 5.74) is 0. The molecule has 0 amide bonds. The van der Waals surface area contributed by atoms with Crippen LogP contribution in [0, 0.1) is 10.7 Å². The van der Waals surface area contributed by atoms with Crippen LogP contribution in [0.15, 0.2) is 17.5 Å². The van der Waals surface area contributed by atoms with Crippen LogP contribution in [0.5, 0.6) is 0 Å². The second kappa shape index (κ2) is 6.20. The maximum atomic E-state index is 5.37. The van der Waals surface area contributed by atoms with Gasteiger partial charge in [0.05, 0.1) is 4.88 Å². The molecule has 6 heteroatoms. The van der Waals surface area contributed by atoms with Gasteiger partial charge in [-0.15, -0.1) is 11.3 Å². The molecule has 2 aromatic rings. The van der Waals surface area contributed by atoms with E-state index in [1.54, 1.807) is 11.3 Å². The molecular formula is C14H20N4S2. The smallest absolute Gasteiger partial charge is 0.195 e. The van der Waals surface area contributed by atoms with E-state index in [1.165, 1.54) is 37.2 Å². The Bertz CT molecular complexity index is 591. The number of likely N-dealkylation sites (tertiary alicyclic amines) is 1. The van der Waals surface area contributed by atoms with Gasteiger partial charge in [0.2, 0.25) is 0 Å². The van der Waals surface area contributed by atoms with Crippen LogP contribution in [0.25, 0.3) is 10.7 Å². The number of thiophene rings is 1. The summed E-state index contributed by atoms with van der Waals surface area (Å²) in [5, 5.41) is 9.39. The van der Waals surface area contributed by atoms with Crippen molar-refractivity contribution in [2.45, 2.75) is 25.8 Å². The standard InChI is InChI=1S/C14H20N4S2/c1-17-7-4-11(5-8-17)6-9-18-13(15-16-14(18)19)12-3-2-10-20-12/h2-3,10-11H,4-9H2,1H3,(H,16,19). The fourth-order valence-electron chi connectivity index (χ4n) is 2.78. The first kappa shape index (κ1) is 14.0. The molecule has 0 spiro atoms. The average Bonchev–Trinajstić information content (AvgIpc) is 3.08. The molecule has 1 aliphatic rings. The summed E-state index contributed by atoms with van der Waals surface area (Å²) in [6, 6.07) is 4.15. The van der Waals surface area contributed by atoms with E-state index in [4.69, 9.17) is 12.2 Å². The highest BCUT2D eigenvalue weighted by molar-refractivity contribution is 7.71. The lowest BCUT2D eigenvalue weighted by Gasteiger charge is -2.28. The van der Waals surface area contributed by atoms with Gasteiger partial charge in [0.25, 0.3) is 0 Å². The van der Waals surface area contributed by atoms with Gasteiger partial charge in [-0.3, -0.25) is 9.67 Å². The number of piperidine rings is 1. The van der Waals surface area contributed by atoms with Crippen LogP contribution in [-0.4, -0.2) is 39.8 Å². The summed E-state index contributed by atoms with van der Waals surface area (Å²) in [6.45, 7) is 3.41. The number of rotatable bonds is 4. The minimum absolute atomic E-state index is 0.737. The fourth-order valence-corrected chi connectivity index (χ4v) is 3.73. The zero-order valence-electron chi connectivity index (χ0n) is 11.7. The van der Waals surface area contributed by atoms with E-state index in [0.717, 1.165) is 23.1 Å². The number of hydrogen-bond acceptors (Lipinski definition) is 4. The molecule has 0 atom stereocenters.